The quantitative estimate of drug-likeness (QED) is 0.339. The normalized spacial score (nSPS) is 11.2. The predicted octanol–water partition coefficient (Wildman–Crippen LogP) is 4.97. The van der Waals surface area contributed by atoms with E-state index in [-0.39, 0.29) is 17.4 Å². The lowest BCUT2D eigenvalue weighted by atomic mass is 10.0. The van der Waals surface area contributed by atoms with Crippen LogP contribution in [0.5, 0.6) is 5.75 Å². The van der Waals surface area contributed by atoms with Gasteiger partial charge >= 0.3 is 12.1 Å². The molecule has 9 heteroatoms. The Kier molecular flexibility index (Phi) is 5.63. The predicted molar refractivity (Wildman–Crippen MR) is 119 cm³/mol. The molecule has 0 saturated heterocycles. The van der Waals surface area contributed by atoms with Gasteiger partial charge in [-0.25, -0.2) is 14.0 Å². The Balaban J connectivity index is 2.00. The lowest BCUT2D eigenvalue weighted by Gasteiger charge is -2.13. The highest BCUT2D eigenvalue weighted by Gasteiger charge is 2.27. The molecular weight excluding hydrogens is 429 g/mol. The van der Waals surface area contributed by atoms with E-state index in [9.17, 15) is 14.0 Å². The third-order valence-electron chi connectivity index (χ3n) is 5.05. The molecular formula is C24H22FN3O5. The van der Waals surface area contributed by atoms with Gasteiger partial charge in [0.1, 0.15) is 28.5 Å². The van der Waals surface area contributed by atoms with E-state index >= 15 is 0 Å². The van der Waals surface area contributed by atoms with E-state index in [1.165, 1.54) is 24.3 Å². The van der Waals surface area contributed by atoms with Crippen molar-refractivity contribution in [3.05, 3.63) is 59.5 Å². The molecule has 4 rings (SSSR count). The number of hydrogen-bond donors (Lipinski definition) is 1. The Morgan fingerprint density at radius 2 is 1.85 bits per heavy atom. The first-order valence-corrected chi connectivity index (χ1v) is 10.2. The van der Waals surface area contributed by atoms with E-state index in [1.54, 1.807) is 16.8 Å². The van der Waals surface area contributed by atoms with Crippen LogP contribution in [-0.2, 0) is 11.8 Å². The maximum absolute atomic E-state index is 13.5. The molecule has 1 amide bonds. The van der Waals surface area contributed by atoms with Crippen LogP contribution < -0.4 is 10.5 Å². The van der Waals surface area contributed by atoms with Gasteiger partial charge in [0.05, 0.1) is 11.8 Å². The van der Waals surface area contributed by atoms with Crippen molar-refractivity contribution in [3.8, 4) is 28.3 Å². The highest BCUT2D eigenvalue weighted by atomic mass is 19.1. The fourth-order valence-corrected chi connectivity index (χ4v) is 3.52. The largest absolute Gasteiger partial charge is 0.490 e. The molecule has 0 unspecified atom stereocenters. The molecule has 2 aromatic heterocycles. The summed E-state index contributed by atoms with van der Waals surface area (Å²) < 4.78 is 31.9. The molecule has 0 radical (unpaired) electrons. The average molecular weight is 451 g/mol. The maximum Gasteiger partial charge on any atom is 0.412 e. The first kappa shape index (κ1) is 22.1. The summed E-state index contributed by atoms with van der Waals surface area (Å²) in [6, 6.07) is 10.7. The van der Waals surface area contributed by atoms with Crippen LogP contribution in [0.25, 0.3) is 33.6 Å². The van der Waals surface area contributed by atoms with Crippen molar-refractivity contribution in [3.63, 3.8) is 0 Å². The smallest absolute Gasteiger partial charge is 0.412 e. The molecule has 0 atom stereocenters. The van der Waals surface area contributed by atoms with Crippen molar-refractivity contribution >= 4 is 23.0 Å². The number of furan rings is 1. The molecule has 2 aromatic carbocycles. The van der Waals surface area contributed by atoms with Crippen LogP contribution in [0, 0.1) is 12.7 Å². The van der Waals surface area contributed by atoms with E-state index < -0.39 is 17.9 Å². The zero-order valence-electron chi connectivity index (χ0n) is 18.5. The minimum atomic E-state index is -1.25. The molecule has 2 heterocycles. The number of amides is 1. The van der Waals surface area contributed by atoms with Gasteiger partial charge in [-0.05, 0) is 63.2 Å². The molecule has 4 aromatic rings. The molecule has 170 valence electrons. The highest BCUT2D eigenvalue weighted by molar-refractivity contribution is 6.12. The zero-order chi connectivity index (χ0) is 23.9. The summed E-state index contributed by atoms with van der Waals surface area (Å²) in [5.74, 6) is -0.856. The SMILES string of the molecule is Cc1cc(-c2cc3oc(-c4ccc(F)cc4)c(C(=O)OC(N)=O)c3cc2OC(C)C)nn1C. The summed E-state index contributed by atoms with van der Waals surface area (Å²) >= 11 is 0. The number of primary amides is 1. The van der Waals surface area contributed by atoms with Crippen molar-refractivity contribution in [2.75, 3.05) is 0 Å². The van der Waals surface area contributed by atoms with Gasteiger partial charge in [-0.1, -0.05) is 0 Å². The van der Waals surface area contributed by atoms with E-state index in [1.807, 2.05) is 33.9 Å². The number of fused-ring (bicyclic) bond motifs is 1. The Morgan fingerprint density at radius 3 is 2.42 bits per heavy atom. The summed E-state index contributed by atoms with van der Waals surface area (Å²) in [5, 5.41) is 4.88. The number of esters is 1. The van der Waals surface area contributed by atoms with Crippen LogP contribution in [0.3, 0.4) is 0 Å². The molecule has 0 aliphatic carbocycles. The molecule has 2 N–H and O–H groups in total. The maximum atomic E-state index is 13.5. The molecule has 0 fully saturated rings. The number of carbonyl (C=O) groups excluding carboxylic acids is 2. The average Bonchev–Trinajstić information content (AvgIpc) is 3.26. The number of rotatable bonds is 5. The summed E-state index contributed by atoms with van der Waals surface area (Å²) in [7, 11) is 1.83. The van der Waals surface area contributed by atoms with Gasteiger partial charge in [-0.3, -0.25) is 4.68 Å². The van der Waals surface area contributed by atoms with Gasteiger partial charge in [-0.2, -0.15) is 5.10 Å². The Hall–Kier alpha value is -4.14. The second-order valence-electron chi connectivity index (χ2n) is 7.83. The number of aryl methyl sites for hydroxylation is 2. The summed E-state index contributed by atoms with van der Waals surface area (Å²) in [5.41, 5.74) is 8.07. The molecule has 8 nitrogen and oxygen atoms in total. The van der Waals surface area contributed by atoms with E-state index in [0.29, 0.717) is 33.5 Å². The van der Waals surface area contributed by atoms with Gasteiger partial charge in [0.15, 0.2) is 0 Å². The van der Waals surface area contributed by atoms with Crippen LogP contribution in [0.1, 0.15) is 29.9 Å². The lowest BCUT2D eigenvalue weighted by Crippen LogP contribution is -2.18. The number of benzene rings is 2. The van der Waals surface area contributed by atoms with Crippen LogP contribution >= 0.6 is 0 Å². The number of nitrogens with two attached hydrogens (primary N) is 1. The second-order valence-corrected chi connectivity index (χ2v) is 7.83. The highest BCUT2D eigenvalue weighted by Crippen LogP contribution is 2.41. The minimum absolute atomic E-state index is 0.0206. The first-order chi connectivity index (χ1) is 15.6. The molecule has 0 aliphatic rings. The molecule has 0 aliphatic heterocycles. The third-order valence-corrected chi connectivity index (χ3v) is 5.05. The summed E-state index contributed by atoms with van der Waals surface area (Å²) in [6.07, 6.45) is -1.42. The summed E-state index contributed by atoms with van der Waals surface area (Å²) in [4.78, 5) is 24.1. The van der Waals surface area contributed by atoms with Crippen molar-refractivity contribution in [2.45, 2.75) is 26.9 Å². The van der Waals surface area contributed by atoms with Gasteiger partial charge < -0.3 is 19.6 Å². The van der Waals surface area contributed by atoms with Gasteiger partial charge in [0.25, 0.3) is 0 Å². The molecule has 0 bridgehead atoms. The standard InChI is InChI=1S/C24H22FN3O5/c1-12(2)31-19-11-17-20(10-16(19)18-9-13(3)28(4)27-18)32-22(14-5-7-15(25)8-6-14)21(17)23(29)33-24(26)30/h5-12H,1-4H3,(H2,26,30). The van der Waals surface area contributed by atoms with E-state index in [0.717, 1.165) is 5.69 Å². The molecule has 0 spiro atoms. The van der Waals surface area contributed by atoms with Crippen LogP contribution in [0.4, 0.5) is 9.18 Å². The Morgan fingerprint density at radius 1 is 1.15 bits per heavy atom. The van der Waals surface area contributed by atoms with Crippen molar-refractivity contribution in [1.82, 2.24) is 9.78 Å². The number of nitrogens with zero attached hydrogens (tertiary/aromatic N) is 2. The zero-order valence-corrected chi connectivity index (χ0v) is 18.5. The van der Waals surface area contributed by atoms with Gasteiger partial charge in [-0.15, -0.1) is 0 Å². The van der Waals surface area contributed by atoms with Gasteiger partial charge in [0, 0.05) is 29.3 Å². The second kappa shape index (κ2) is 8.42. The first-order valence-electron chi connectivity index (χ1n) is 10.2. The number of ether oxygens (including phenoxy) is 2. The monoisotopic (exact) mass is 451 g/mol. The van der Waals surface area contributed by atoms with Crippen molar-refractivity contribution < 1.29 is 27.9 Å². The Labute approximate surface area is 188 Å². The number of hydrogen-bond acceptors (Lipinski definition) is 6. The molecule has 33 heavy (non-hydrogen) atoms. The number of halogens is 1. The van der Waals surface area contributed by atoms with Gasteiger partial charge in [0.2, 0.25) is 0 Å². The topological polar surface area (TPSA) is 110 Å². The third kappa shape index (κ3) is 4.30. The lowest BCUT2D eigenvalue weighted by molar-refractivity contribution is 0.0640. The van der Waals surface area contributed by atoms with E-state index in [2.05, 4.69) is 9.84 Å². The minimum Gasteiger partial charge on any atom is -0.490 e. The van der Waals surface area contributed by atoms with Crippen LogP contribution in [0.15, 0.2) is 46.9 Å². The van der Waals surface area contributed by atoms with Crippen molar-refractivity contribution in [2.24, 2.45) is 12.8 Å². The Bertz CT molecular complexity index is 1350. The number of aromatic nitrogens is 2. The van der Waals surface area contributed by atoms with Crippen molar-refractivity contribution in [1.29, 1.82) is 0 Å². The number of carbonyl (C=O) groups is 2. The van der Waals surface area contributed by atoms with E-state index in [4.69, 9.17) is 14.9 Å². The fourth-order valence-electron chi connectivity index (χ4n) is 3.52. The van der Waals surface area contributed by atoms with Crippen LogP contribution in [0.2, 0.25) is 0 Å². The molecule has 0 saturated carbocycles. The fraction of sp³-hybridized carbons (Fsp3) is 0.208. The van der Waals surface area contributed by atoms with Crippen LogP contribution in [-0.4, -0.2) is 27.9 Å². The summed E-state index contributed by atoms with van der Waals surface area (Å²) in [6.45, 7) is 5.67.